The molecule has 1 aromatic rings. The fourth-order valence-corrected chi connectivity index (χ4v) is 1.97. The molecule has 0 spiro atoms. The van der Waals surface area contributed by atoms with E-state index in [-0.39, 0.29) is 5.92 Å². The third-order valence-corrected chi connectivity index (χ3v) is 3.58. The second kappa shape index (κ2) is 7.67. The van der Waals surface area contributed by atoms with Crippen LogP contribution in [0, 0.1) is 5.92 Å². The topological polar surface area (TPSA) is 78.4 Å². The molecule has 0 aliphatic rings. The molecular weight excluding hydrogens is 268 g/mol. The highest BCUT2D eigenvalue weighted by molar-refractivity contribution is 5.92. The first kappa shape index (κ1) is 17.0. The molecule has 0 aliphatic heterocycles. The van der Waals surface area contributed by atoms with Crippen LogP contribution in [0.2, 0.25) is 0 Å². The Balaban J connectivity index is 2.72. The quantitative estimate of drug-likeness (QED) is 0.751. The van der Waals surface area contributed by atoms with Crippen LogP contribution in [0.15, 0.2) is 24.3 Å². The Morgan fingerprint density at radius 1 is 1.24 bits per heavy atom. The number of anilines is 1. The van der Waals surface area contributed by atoms with Gasteiger partial charge in [-0.2, -0.15) is 0 Å². The normalized spacial score (nSPS) is 13.6. The zero-order valence-corrected chi connectivity index (χ0v) is 13.0. The highest BCUT2D eigenvalue weighted by Crippen LogP contribution is 2.18. The summed E-state index contributed by atoms with van der Waals surface area (Å²) in [7, 11) is 0. The Morgan fingerprint density at radius 2 is 1.90 bits per heavy atom. The Morgan fingerprint density at radius 3 is 2.43 bits per heavy atom. The number of benzene rings is 1. The minimum Gasteiger partial charge on any atom is -0.480 e. The third kappa shape index (κ3) is 5.10. The molecule has 0 heterocycles. The summed E-state index contributed by atoms with van der Waals surface area (Å²) in [5.41, 5.74) is 1.77. The monoisotopic (exact) mass is 292 g/mol. The lowest BCUT2D eigenvalue weighted by Gasteiger charge is -2.20. The summed E-state index contributed by atoms with van der Waals surface area (Å²) in [6.07, 6.45) is 0.681. The SMILES string of the molecule is CCC(C)C(NC(=O)Nc1cccc(C(C)C)c1)C(=O)O. The van der Waals surface area contributed by atoms with Crippen LogP contribution in [0.5, 0.6) is 0 Å². The van der Waals surface area contributed by atoms with E-state index in [0.29, 0.717) is 18.0 Å². The van der Waals surface area contributed by atoms with Gasteiger partial charge in [-0.1, -0.05) is 46.2 Å². The van der Waals surface area contributed by atoms with Gasteiger partial charge in [0.05, 0.1) is 0 Å². The van der Waals surface area contributed by atoms with E-state index in [0.717, 1.165) is 5.56 Å². The predicted molar refractivity (Wildman–Crippen MR) is 83.6 cm³/mol. The first-order valence-corrected chi connectivity index (χ1v) is 7.25. The maximum Gasteiger partial charge on any atom is 0.326 e. The van der Waals surface area contributed by atoms with Crippen molar-refractivity contribution >= 4 is 17.7 Å². The standard InChI is InChI=1S/C16H24N2O3/c1-5-11(4)14(15(19)20)18-16(21)17-13-8-6-7-12(9-13)10(2)3/h6-11,14H,5H2,1-4H3,(H,19,20)(H2,17,18,21). The molecular formula is C16H24N2O3. The molecule has 3 N–H and O–H groups in total. The first-order chi connectivity index (χ1) is 9.85. The van der Waals surface area contributed by atoms with E-state index < -0.39 is 18.0 Å². The average Bonchev–Trinajstić information content (AvgIpc) is 2.43. The van der Waals surface area contributed by atoms with Gasteiger partial charge in [0.25, 0.3) is 0 Å². The van der Waals surface area contributed by atoms with Gasteiger partial charge >= 0.3 is 12.0 Å². The third-order valence-electron chi connectivity index (χ3n) is 3.58. The van der Waals surface area contributed by atoms with Crippen LogP contribution in [0.4, 0.5) is 10.5 Å². The largest absolute Gasteiger partial charge is 0.480 e. The number of carboxylic acid groups (broad SMARTS) is 1. The molecule has 116 valence electrons. The molecule has 0 aliphatic carbocycles. The van der Waals surface area contributed by atoms with Crippen molar-refractivity contribution in [2.75, 3.05) is 5.32 Å². The second-order valence-corrected chi connectivity index (χ2v) is 5.58. The van der Waals surface area contributed by atoms with Gasteiger partial charge in [-0.25, -0.2) is 9.59 Å². The van der Waals surface area contributed by atoms with Crippen molar-refractivity contribution in [1.82, 2.24) is 5.32 Å². The number of aliphatic carboxylic acids is 1. The fourth-order valence-electron chi connectivity index (χ4n) is 1.97. The summed E-state index contributed by atoms with van der Waals surface area (Å²) in [4.78, 5) is 23.1. The molecule has 2 atom stereocenters. The van der Waals surface area contributed by atoms with Crippen LogP contribution < -0.4 is 10.6 Å². The minimum absolute atomic E-state index is 0.129. The Hall–Kier alpha value is -2.04. The van der Waals surface area contributed by atoms with Gasteiger partial charge in [-0.15, -0.1) is 0 Å². The van der Waals surface area contributed by atoms with E-state index in [1.165, 1.54) is 0 Å². The number of hydrogen-bond donors (Lipinski definition) is 3. The predicted octanol–water partition coefficient (Wildman–Crippen LogP) is 3.43. The van der Waals surface area contributed by atoms with Crippen LogP contribution in [0.25, 0.3) is 0 Å². The van der Waals surface area contributed by atoms with Crippen LogP contribution in [0.1, 0.15) is 45.6 Å². The van der Waals surface area contributed by atoms with E-state index in [9.17, 15) is 9.59 Å². The number of amides is 2. The summed E-state index contributed by atoms with van der Waals surface area (Å²) < 4.78 is 0. The molecule has 0 aromatic heterocycles. The van der Waals surface area contributed by atoms with E-state index in [1.807, 2.05) is 25.1 Å². The van der Waals surface area contributed by atoms with Gasteiger partial charge in [0, 0.05) is 5.69 Å². The van der Waals surface area contributed by atoms with Gasteiger partial charge in [0.15, 0.2) is 0 Å². The summed E-state index contributed by atoms with van der Waals surface area (Å²) in [5.74, 6) is -0.785. The van der Waals surface area contributed by atoms with Gasteiger partial charge in [0.2, 0.25) is 0 Å². The Kier molecular flexibility index (Phi) is 6.21. The number of carbonyl (C=O) groups excluding carboxylic acids is 1. The molecule has 2 amide bonds. The Labute approximate surface area is 125 Å². The molecule has 5 nitrogen and oxygen atoms in total. The van der Waals surface area contributed by atoms with Gasteiger partial charge in [0.1, 0.15) is 6.04 Å². The minimum atomic E-state index is -1.02. The highest BCUT2D eigenvalue weighted by Gasteiger charge is 2.25. The number of carboxylic acids is 1. The van der Waals surface area contributed by atoms with E-state index in [4.69, 9.17) is 5.11 Å². The Bertz CT molecular complexity index is 500. The zero-order valence-electron chi connectivity index (χ0n) is 13.0. The van der Waals surface area contributed by atoms with Crippen molar-refractivity contribution < 1.29 is 14.7 Å². The number of carbonyl (C=O) groups is 2. The number of nitrogens with one attached hydrogen (secondary N) is 2. The average molecular weight is 292 g/mol. The molecule has 21 heavy (non-hydrogen) atoms. The first-order valence-electron chi connectivity index (χ1n) is 7.25. The van der Waals surface area contributed by atoms with Crippen molar-refractivity contribution in [2.45, 2.75) is 46.1 Å². The van der Waals surface area contributed by atoms with Crippen molar-refractivity contribution in [3.63, 3.8) is 0 Å². The number of hydrogen-bond acceptors (Lipinski definition) is 2. The maximum atomic E-state index is 11.9. The molecule has 1 aromatic carbocycles. The molecule has 1 rings (SSSR count). The summed E-state index contributed by atoms with van der Waals surface area (Å²) in [6.45, 7) is 7.84. The summed E-state index contributed by atoms with van der Waals surface area (Å²) in [5, 5.41) is 14.4. The van der Waals surface area contributed by atoms with Crippen LogP contribution in [-0.2, 0) is 4.79 Å². The van der Waals surface area contributed by atoms with Gasteiger partial charge < -0.3 is 15.7 Å². The summed E-state index contributed by atoms with van der Waals surface area (Å²) in [6, 6.07) is 6.15. The lowest BCUT2D eigenvalue weighted by molar-refractivity contribution is -0.140. The highest BCUT2D eigenvalue weighted by atomic mass is 16.4. The lowest BCUT2D eigenvalue weighted by Crippen LogP contribution is -2.46. The number of rotatable bonds is 6. The van der Waals surface area contributed by atoms with Gasteiger partial charge in [-0.05, 0) is 29.5 Å². The van der Waals surface area contributed by atoms with Crippen LogP contribution in [0.3, 0.4) is 0 Å². The molecule has 0 fully saturated rings. The number of urea groups is 1. The molecule has 0 saturated carbocycles. The van der Waals surface area contributed by atoms with E-state index in [2.05, 4.69) is 24.5 Å². The smallest absolute Gasteiger partial charge is 0.326 e. The zero-order chi connectivity index (χ0) is 16.0. The van der Waals surface area contributed by atoms with Crippen molar-refractivity contribution in [3.05, 3.63) is 29.8 Å². The molecule has 0 saturated heterocycles. The van der Waals surface area contributed by atoms with Crippen LogP contribution in [-0.4, -0.2) is 23.1 Å². The fraction of sp³-hybridized carbons (Fsp3) is 0.500. The molecule has 0 bridgehead atoms. The van der Waals surface area contributed by atoms with Gasteiger partial charge in [-0.3, -0.25) is 0 Å². The lowest BCUT2D eigenvalue weighted by atomic mass is 9.99. The summed E-state index contributed by atoms with van der Waals surface area (Å²) >= 11 is 0. The van der Waals surface area contributed by atoms with E-state index >= 15 is 0 Å². The van der Waals surface area contributed by atoms with Crippen molar-refractivity contribution in [2.24, 2.45) is 5.92 Å². The van der Waals surface area contributed by atoms with Crippen molar-refractivity contribution in [1.29, 1.82) is 0 Å². The molecule has 2 unspecified atom stereocenters. The second-order valence-electron chi connectivity index (χ2n) is 5.58. The van der Waals surface area contributed by atoms with Crippen LogP contribution >= 0.6 is 0 Å². The molecule has 0 radical (unpaired) electrons. The molecule has 5 heteroatoms. The van der Waals surface area contributed by atoms with Crippen molar-refractivity contribution in [3.8, 4) is 0 Å². The van der Waals surface area contributed by atoms with E-state index in [1.54, 1.807) is 13.0 Å². The maximum absolute atomic E-state index is 11.9.